The monoisotopic (exact) mass is 523 g/mol. The third kappa shape index (κ3) is 6.61. The molecule has 0 radical (unpaired) electrons. The van der Waals surface area contributed by atoms with E-state index in [1.807, 2.05) is 61.5 Å². The van der Waals surface area contributed by atoms with E-state index < -0.39 is 10.0 Å². The number of anilines is 1. The summed E-state index contributed by atoms with van der Waals surface area (Å²) in [7, 11) is -2.28. The highest BCUT2D eigenvalue weighted by atomic mass is 32.2. The summed E-state index contributed by atoms with van der Waals surface area (Å²) in [6.45, 7) is 4.62. The first-order chi connectivity index (χ1) is 17.9. The minimum atomic E-state index is -3.92. The van der Waals surface area contributed by atoms with E-state index in [1.165, 1.54) is 16.4 Å². The van der Waals surface area contributed by atoms with Gasteiger partial charge in [-0.05, 0) is 61.0 Å². The van der Waals surface area contributed by atoms with Gasteiger partial charge in [0, 0.05) is 38.4 Å². The quantitative estimate of drug-likeness (QED) is 0.404. The summed E-state index contributed by atoms with van der Waals surface area (Å²) in [5.74, 6) is 1.19. The van der Waals surface area contributed by atoms with Gasteiger partial charge >= 0.3 is 0 Å². The Morgan fingerprint density at radius 1 is 0.865 bits per heavy atom. The first kappa shape index (κ1) is 26.5. The van der Waals surface area contributed by atoms with E-state index >= 15 is 0 Å². The molecule has 0 aliphatic carbocycles. The molecule has 1 fully saturated rings. The fourth-order valence-electron chi connectivity index (χ4n) is 4.29. The van der Waals surface area contributed by atoms with E-state index in [4.69, 9.17) is 9.47 Å². The highest BCUT2D eigenvalue weighted by Gasteiger charge is 2.30. The summed E-state index contributed by atoms with van der Waals surface area (Å²) in [4.78, 5) is 17.4. The van der Waals surface area contributed by atoms with Crippen molar-refractivity contribution in [2.45, 2.75) is 18.4 Å². The van der Waals surface area contributed by atoms with Gasteiger partial charge in [0.2, 0.25) is 15.9 Å². The number of amides is 1. The molecular weight excluding hydrogens is 490 g/mol. The molecule has 0 spiro atoms. The standard InChI is InChI=1S/C28H33N3O5S/c1-3-36-26-13-15-27(16-14-26)37(33,34)31(21-23-7-5-4-6-8-23)22-28(32)30-19-17-29(18-20-30)24-9-11-25(35-2)12-10-24/h4-16H,3,17-22H2,1-2H3. The third-order valence-corrected chi connectivity index (χ3v) is 8.16. The van der Waals surface area contributed by atoms with Crippen LogP contribution < -0.4 is 14.4 Å². The summed E-state index contributed by atoms with van der Waals surface area (Å²) >= 11 is 0. The Hall–Kier alpha value is -3.56. The van der Waals surface area contributed by atoms with Crippen molar-refractivity contribution >= 4 is 21.6 Å². The summed E-state index contributed by atoms with van der Waals surface area (Å²) in [5, 5.41) is 0. The normalized spacial score (nSPS) is 14.0. The predicted molar refractivity (Wildman–Crippen MR) is 143 cm³/mol. The second-order valence-electron chi connectivity index (χ2n) is 8.73. The van der Waals surface area contributed by atoms with E-state index in [1.54, 1.807) is 24.1 Å². The van der Waals surface area contributed by atoms with Gasteiger partial charge in [0.15, 0.2) is 0 Å². The molecule has 0 unspecified atom stereocenters. The van der Waals surface area contributed by atoms with Crippen molar-refractivity contribution < 1.29 is 22.7 Å². The molecule has 196 valence electrons. The number of ether oxygens (including phenoxy) is 2. The average molecular weight is 524 g/mol. The zero-order chi connectivity index (χ0) is 26.3. The molecule has 0 N–H and O–H groups in total. The Bertz CT molecular complexity index is 1260. The lowest BCUT2D eigenvalue weighted by molar-refractivity contribution is -0.131. The third-order valence-electron chi connectivity index (χ3n) is 6.36. The average Bonchev–Trinajstić information content (AvgIpc) is 2.94. The van der Waals surface area contributed by atoms with Crippen LogP contribution in [0.1, 0.15) is 12.5 Å². The van der Waals surface area contributed by atoms with Crippen LogP contribution in [0.4, 0.5) is 5.69 Å². The molecule has 0 saturated carbocycles. The maximum atomic E-state index is 13.6. The number of carbonyl (C=O) groups is 1. The zero-order valence-corrected chi connectivity index (χ0v) is 22.1. The Balaban J connectivity index is 1.46. The zero-order valence-electron chi connectivity index (χ0n) is 21.2. The molecule has 37 heavy (non-hydrogen) atoms. The minimum absolute atomic E-state index is 0.105. The summed E-state index contributed by atoms with van der Waals surface area (Å²) in [6.07, 6.45) is 0. The molecule has 0 aromatic heterocycles. The molecule has 3 aromatic rings. The maximum absolute atomic E-state index is 13.6. The second kappa shape index (κ2) is 12.1. The van der Waals surface area contributed by atoms with Crippen LogP contribution in [0.15, 0.2) is 83.8 Å². The van der Waals surface area contributed by atoms with Crippen molar-refractivity contribution in [1.82, 2.24) is 9.21 Å². The van der Waals surface area contributed by atoms with Crippen LogP contribution >= 0.6 is 0 Å². The number of hydrogen-bond acceptors (Lipinski definition) is 6. The van der Waals surface area contributed by atoms with Gasteiger partial charge in [0.05, 0.1) is 25.2 Å². The molecule has 1 aliphatic rings. The van der Waals surface area contributed by atoms with Gasteiger partial charge in [-0.3, -0.25) is 4.79 Å². The van der Waals surface area contributed by atoms with Crippen LogP contribution in [0.2, 0.25) is 0 Å². The van der Waals surface area contributed by atoms with Gasteiger partial charge in [-0.25, -0.2) is 8.42 Å². The second-order valence-corrected chi connectivity index (χ2v) is 10.7. The molecule has 3 aromatic carbocycles. The number of hydrogen-bond donors (Lipinski definition) is 0. The maximum Gasteiger partial charge on any atom is 0.243 e. The molecule has 0 bridgehead atoms. The van der Waals surface area contributed by atoms with E-state index in [0.29, 0.717) is 38.5 Å². The molecule has 8 nitrogen and oxygen atoms in total. The lowest BCUT2D eigenvalue weighted by Gasteiger charge is -2.37. The lowest BCUT2D eigenvalue weighted by Crippen LogP contribution is -2.51. The van der Waals surface area contributed by atoms with E-state index in [0.717, 1.165) is 17.0 Å². The van der Waals surface area contributed by atoms with Crippen LogP contribution in [0.5, 0.6) is 11.5 Å². The minimum Gasteiger partial charge on any atom is -0.497 e. The fraction of sp³-hybridized carbons (Fsp3) is 0.321. The van der Waals surface area contributed by atoms with Crippen molar-refractivity contribution in [3.8, 4) is 11.5 Å². The fourth-order valence-corrected chi connectivity index (χ4v) is 5.67. The summed E-state index contributed by atoms with van der Waals surface area (Å²) in [5.41, 5.74) is 1.88. The van der Waals surface area contributed by atoms with Gasteiger partial charge in [-0.2, -0.15) is 4.31 Å². The molecule has 4 rings (SSSR count). The van der Waals surface area contributed by atoms with Crippen molar-refractivity contribution in [3.05, 3.63) is 84.4 Å². The Labute approximate surface area is 219 Å². The summed E-state index contributed by atoms with van der Waals surface area (Å²) in [6, 6.07) is 23.5. The van der Waals surface area contributed by atoms with E-state index in [2.05, 4.69) is 4.90 Å². The van der Waals surface area contributed by atoms with Gasteiger partial charge in [0.1, 0.15) is 11.5 Å². The lowest BCUT2D eigenvalue weighted by atomic mass is 10.2. The van der Waals surface area contributed by atoms with Gasteiger partial charge in [-0.15, -0.1) is 0 Å². The van der Waals surface area contributed by atoms with Crippen molar-refractivity contribution in [3.63, 3.8) is 0 Å². The summed E-state index contributed by atoms with van der Waals surface area (Å²) < 4.78 is 39.2. The number of nitrogens with zero attached hydrogens (tertiary/aromatic N) is 3. The predicted octanol–water partition coefficient (Wildman–Crippen LogP) is 3.63. The van der Waals surface area contributed by atoms with E-state index in [-0.39, 0.29) is 23.9 Å². The highest BCUT2D eigenvalue weighted by Crippen LogP contribution is 2.23. The molecule has 1 amide bonds. The number of sulfonamides is 1. The highest BCUT2D eigenvalue weighted by molar-refractivity contribution is 7.89. The SMILES string of the molecule is CCOc1ccc(S(=O)(=O)N(CC(=O)N2CCN(c3ccc(OC)cc3)CC2)Cc2ccccc2)cc1. The Morgan fingerprint density at radius 2 is 1.49 bits per heavy atom. The van der Waals surface area contributed by atoms with Crippen LogP contribution in [-0.4, -0.2) is 70.0 Å². The number of methoxy groups -OCH3 is 1. The number of piperazine rings is 1. The van der Waals surface area contributed by atoms with Gasteiger partial charge < -0.3 is 19.3 Å². The topological polar surface area (TPSA) is 79.4 Å². The van der Waals surface area contributed by atoms with Crippen LogP contribution in [-0.2, 0) is 21.4 Å². The number of benzene rings is 3. The first-order valence-electron chi connectivity index (χ1n) is 12.3. The smallest absolute Gasteiger partial charge is 0.243 e. The molecule has 1 aliphatic heterocycles. The molecule has 0 atom stereocenters. The molecule has 1 saturated heterocycles. The first-order valence-corrected chi connectivity index (χ1v) is 13.8. The number of carbonyl (C=O) groups excluding carboxylic acids is 1. The van der Waals surface area contributed by atoms with Gasteiger partial charge in [-0.1, -0.05) is 30.3 Å². The Kier molecular flexibility index (Phi) is 8.68. The van der Waals surface area contributed by atoms with Crippen molar-refractivity contribution in [2.75, 3.05) is 51.3 Å². The van der Waals surface area contributed by atoms with Crippen molar-refractivity contribution in [1.29, 1.82) is 0 Å². The largest absolute Gasteiger partial charge is 0.497 e. The van der Waals surface area contributed by atoms with Gasteiger partial charge in [0.25, 0.3) is 0 Å². The van der Waals surface area contributed by atoms with E-state index in [9.17, 15) is 13.2 Å². The molecule has 1 heterocycles. The van der Waals surface area contributed by atoms with Crippen LogP contribution in [0, 0.1) is 0 Å². The van der Waals surface area contributed by atoms with Crippen molar-refractivity contribution in [2.24, 2.45) is 0 Å². The van der Waals surface area contributed by atoms with Crippen LogP contribution in [0.3, 0.4) is 0 Å². The molecular formula is C28H33N3O5S. The number of rotatable bonds is 10. The molecule has 9 heteroatoms. The Morgan fingerprint density at radius 3 is 2.08 bits per heavy atom. The van der Waals surface area contributed by atoms with Crippen LogP contribution in [0.25, 0.3) is 0 Å².